The molecule has 9 heteroatoms. The normalized spacial score (nSPS) is 10.9. The molecule has 28 heavy (non-hydrogen) atoms. The van der Waals surface area contributed by atoms with Crippen molar-refractivity contribution in [2.45, 2.75) is 6.54 Å². The molecule has 4 rings (SSSR count). The molecule has 0 spiro atoms. The van der Waals surface area contributed by atoms with Crippen molar-refractivity contribution in [2.75, 3.05) is 5.32 Å². The van der Waals surface area contributed by atoms with Gasteiger partial charge in [-0.25, -0.2) is 0 Å². The summed E-state index contributed by atoms with van der Waals surface area (Å²) in [5.41, 5.74) is 1.08. The first-order valence-electron chi connectivity index (χ1n) is 8.50. The fourth-order valence-electron chi connectivity index (χ4n) is 3.13. The molecule has 4 aromatic rings. The van der Waals surface area contributed by atoms with E-state index in [0.717, 1.165) is 22.5 Å². The van der Waals surface area contributed by atoms with Crippen LogP contribution >= 0.6 is 0 Å². The van der Waals surface area contributed by atoms with Gasteiger partial charge < -0.3 is 5.32 Å². The highest BCUT2D eigenvalue weighted by Gasteiger charge is 2.25. The number of rotatable bonds is 5. The summed E-state index contributed by atoms with van der Waals surface area (Å²) in [6.07, 6.45) is 4.24. The van der Waals surface area contributed by atoms with Crippen LogP contribution < -0.4 is 5.32 Å². The first-order chi connectivity index (χ1) is 13.5. The number of hydrogen-bond donors (Lipinski definition) is 1. The van der Waals surface area contributed by atoms with Crippen LogP contribution in [-0.2, 0) is 13.6 Å². The van der Waals surface area contributed by atoms with E-state index < -0.39 is 10.8 Å². The minimum absolute atomic E-state index is 0.119. The number of aryl methyl sites for hydroxylation is 1. The van der Waals surface area contributed by atoms with Crippen LogP contribution in [0.2, 0.25) is 0 Å². The van der Waals surface area contributed by atoms with Gasteiger partial charge in [0.15, 0.2) is 0 Å². The third-order valence-corrected chi connectivity index (χ3v) is 4.43. The number of nitrogens with zero attached hydrogens (tertiary/aromatic N) is 5. The average molecular weight is 376 g/mol. The molecular weight excluding hydrogens is 360 g/mol. The summed E-state index contributed by atoms with van der Waals surface area (Å²) >= 11 is 0. The van der Waals surface area contributed by atoms with Gasteiger partial charge in [-0.3, -0.25) is 24.3 Å². The molecule has 0 atom stereocenters. The minimum Gasteiger partial charge on any atom is -0.318 e. The molecule has 1 amide bonds. The van der Waals surface area contributed by atoms with E-state index in [9.17, 15) is 14.9 Å². The van der Waals surface area contributed by atoms with Crippen LogP contribution in [0.15, 0.2) is 61.1 Å². The van der Waals surface area contributed by atoms with Crippen molar-refractivity contribution in [3.63, 3.8) is 0 Å². The summed E-state index contributed by atoms with van der Waals surface area (Å²) in [6, 6.07) is 14.2. The number of nitro groups is 1. The summed E-state index contributed by atoms with van der Waals surface area (Å²) in [6.45, 7) is 0.531. The Morgan fingerprint density at radius 1 is 1.14 bits per heavy atom. The topological polar surface area (TPSA) is 108 Å². The highest BCUT2D eigenvalue weighted by atomic mass is 16.6. The van der Waals surface area contributed by atoms with Crippen LogP contribution in [0.1, 0.15) is 16.1 Å². The molecular formula is C19H16N6O3. The van der Waals surface area contributed by atoms with Crippen molar-refractivity contribution < 1.29 is 9.72 Å². The molecule has 2 aromatic heterocycles. The van der Waals surface area contributed by atoms with Crippen LogP contribution in [-0.4, -0.2) is 30.4 Å². The molecule has 0 aliphatic rings. The number of fused-ring (bicyclic) bond motifs is 1. The lowest BCUT2D eigenvalue weighted by atomic mass is 10.0. The van der Waals surface area contributed by atoms with Gasteiger partial charge in [0.05, 0.1) is 23.4 Å². The predicted octanol–water partition coefficient (Wildman–Crippen LogP) is 2.98. The molecule has 0 unspecified atom stereocenters. The first kappa shape index (κ1) is 17.4. The van der Waals surface area contributed by atoms with E-state index in [1.165, 1.54) is 17.9 Å². The maximum absolute atomic E-state index is 12.5. The van der Waals surface area contributed by atoms with Crippen LogP contribution in [0.4, 0.5) is 11.4 Å². The van der Waals surface area contributed by atoms with Gasteiger partial charge in [-0.15, -0.1) is 0 Å². The first-order valence-corrected chi connectivity index (χ1v) is 8.50. The molecule has 0 aliphatic carbocycles. The Balaban J connectivity index is 1.54. The molecule has 2 aromatic carbocycles. The Labute approximate surface area is 159 Å². The van der Waals surface area contributed by atoms with Crippen molar-refractivity contribution in [1.82, 2.24) is 19.6 Å². The maximum atomic E-state index is 12.5. The van der Waals surface area contributed by atoms with Crippen LogP contribution in [0.25, 0.3) is 10.8 Å². The third-order valence-electron chi connectivity index (χ3n) is 4.43. The largest absolute Gasteiger partial charge is 0.320 e. The highest BCUT2D eigenvalue weighted by molar-refractivity contribution is 6.05. The molecule has 0 aliphatic heterocycles. The second-order valence-electron chi connectivity index (χ2n) is 6.28. The molecule has 0 fully saturated rings. The molecule has 0 radical (unpaired) electrons. The van der Waals surface area contributed by atoms with Crippen molar-refractivity contribution in [1.29, 1.82) is 0 Å². The van der Waals surface area contributed by atoms with Crippen molar-refractivity contribution in [3.05, 3.63) is 82.4 Å². The highest BCUT2D eigenvalue weighted by Crippen LogP contribution is 2.21. The smallest absolute Gasteiger partial charge is 0.318 e. The van der Waals surface area contributed by atoms with Gasteiger partial charge in [-0.05, 0) is 16.3 Å². The molecule has 0 saturated heterocycles. The molecule has 1 N–H and O–H groups in total. The van der Waals surface area contributed by atoms with Crippen LogP contribution in [0.3, 0.4) is 0 Å². The van der Waals surface area contributed by atoms with Crippen molar-refractivity contribution in [3.8, 4) is 0 Å². The van der Waals surface area contributed by atoms with E-state index in [2.05, 4.69) is 21.6 Å². The second-order valence-corrected chi connectivity index (χ2v) is 6.28. The Kier molecular flexibility index (Phi) is 4.32. The maximum Gasteiger partial charge on any atom is 0.320 e. The number of anilines is 1. The van der Waals surface area contributed by atoms with E-state index in [1.807, 2.05) is 36.4 Å². The summed E-state index contributed by atoms with van der Waals surface area (Å²) < 4.78 is 2.88. The Morgan fingerprint density at radius 2 is 1.93 bits per heavy atom. The number of benzene rings is 2. The summed E-state index contributed by atoms with van der Waals surface area (Å²) in [7, 11) is 1.48. The quantitative estimate of drug-likeness (QED) is 0.425. The number of carbonyl (C=O) groups excluding carboxylic acids is 1. The fourth-order valence-corrected chi connectivity index (χ4v) is 3.13. The minimum atomic E-state index is -0.633. The summed E-state index contributed by atoms with van der Waals surface area (Å²) in [5.74, 6) is -0.614. The van der Waals surface area contributed by atoms with Gasteiger partial charge in [0.2, 0.25) is 5.69 Å². The number of carbonyl (C=O) groups is 1. The Hall–Kier alpha value is -4.01. The number of amides is 1. The zero-order valence-corrected chi connectivity index (χ0v) is 14.9. The number of nitrogens with one attached hydrogen (secondary N) is 1. The number of hydrogen-bond acceptors (Lipinski definition) is 5. The molecule has 2 heterocycles. The van der Waals surface area contributed by atoms with Crippen molar-refractivity contribution >= 4 is 28.1 Å². The van der Waals surface area contributed by atoms with Crippen molar-refractivity contribution in [2.24, 2.45) is 7.05 Å². The predicted molar refractivity (Wildman–Crippen MR) is 103 cm³/mol. The van der Waals surface area contributed by atoms with Gasteiger partial charge in [0.25, 0.3) is 5.91 Å². The lowest BCUT2D eigenvalue weighted by Gasteiger charge is -2.06. The van der Waals surface area contributed by atoms with Gasteiger partial charge >= 0.3 is 5.69 Å². The Morgan fingerprint density at radius 3 is 2.75 bits per heavy atom. The molecule has 9 nitrogen and oxygen atoms in total. The summed E-state index contributed by atoms with van der Waals surface area (Å²) in [4.78, 5) is 22.9. The Bertz CT molecular complexity index is 1190. The second kappa shape index (κ2) is 6.95. The lowest BCUT2D eigenvalue weighted by Crippen LogP contribution is -2.17. The molecule has 0 bridgehead atoms. The SMILES string of the molecule is Cn1ncc([N+](=O)[O-])c1C(=O)Nc1cnn(Cc2cccc3ccccc23)c1. The van der Waals surface area contributed by atoms with Gasteiger partial charge in [0, 0.05) is 13.2 Å². The molecule has 0 saturated carbocycles. The van der Waals surface area contributed by atoms with E-state index in [-0.39, 0.29) is 11.4 Å². The zero-order chi connectivity index (χ0) is 19.7. The average Bonchev–Trinajstić information content (AvgIpc) is 3.28. The monoisotopic (exact) mass is 376 g/mol. The third kappa shape index (κ3) is 3.20. The van der Waals surface area contributed by atoms with Gasteiger partial charge in [0.1, 0.15) is 6.20 Å². The van der Waals surface area contributed by atoms with E-state index in [4.69, 9.17) is 0 Å². The fraction of sp³-hybridized carbons (Fsp3) is 0.105. The lowest BCUT2D eigenvalue weighted by molar-refractivity contribution is -0.385. The van der Waals surface area contributed by atoms with E-state index in [0.29, 0.717) is 12.2 Å². The van der Waals surface area contributed by atoms with E-state index >= 15 is 0 Å². The van der Waals surface area contributed by atoms with Gasteiger partial charge in [-0.1, -0.05) is 42.5 Å². The zero-order valence-electron chi connectivity index (χ0n) is 14.9. The van der Waals surface area contributed by atoms with Crippen LogP contribution in [0.5, 0.6) is 0 Å². The van der Waals surface area contributed by atoms with E-state index in [1.54, 1.807) is 10.9 Å². The van der Waals surface area contributed by atoms with Gasteiger partial charge in [-0.2, -0.15) is 10.2 Å². The van der Waals surface area contributed by atoms with Crippen LogP contribution in [0, 0.1) is 10.1 Å². The number of aromatic nitrogens is 4. The molecule has 140 valence electrons. The summed E-state index contributed by atoms with van der Waals surface area (Å²) in [5, 5.41) is 24.0. The standard InChI is InChI=1S/C19H16N6O3/c1-23-18(17(10-20-23)25(27)28)19(26)22-15-9-21-24(12-15)11-14-7-4-6-13-5-2-3-8-16(13)14/h2-10,12H,11H2,1H3,(H,22,26).